The molecule has 138 valence electrons. The number of halogens is 2. The molecule has 0 saturated carbocycles. The van der Waals surface area contributed by atoms with Gasteiger partial charge < -0.3 is 9.47 Å². The molecule has 0 aliphatic carbocycles. The van der Waals surface area contributed by atoms with Crippen molar-refractivity contribution < 1.29 is 19.1 Å². The Morgan fingerprint density at radius 1 is 0.769 bits per heavy atom. The first-order chi connectivity index (χ1) is 12.5. The lowest BCUT2D eigenvalue weighted by molar-refractivity contribution is -0.153. The Bertz CT molecular complexity index is 710. The van der Waals surface area contributed by atoms with Crippen molar-refractivity contribution in [2.75, 3.05) is 13.2 Å². The molecule has 2 atom stereocenters. The summed E-state index contributed by atoms with van der Waals surface area (Å²) in [4.78, 5) is 25.7. The smallest absolute Gasteiger partial charge is 0.314 e. The minimum Gasteiger partial charge on any atom is -0.465 e. The molecule has 2 unspecified atom stereocenters. The molecule has 26 heavy (non-hydrogen) atoms. The lowest BCUT2D eigenvalue weighted by atomic mass is 9.81. The molecule has 2 rings (SSSR count). The Kier molecular flexibility index (Phi) is 7.85. The van der Waals surface area contributed by atoms with Crippen LogP contribution in [0.3, 0.4) is 0 Å². The first-order valence-electron chi connectivity index (χ1n) is 8.33. The zero-order valence-electron chi connectivity index (χ0n) is 14.6. The van der Waals surface area contributed by atoms with Gasteiger partial charge >= 0.3 is 11.9 Å². The lowest BCUT2D eigenvalue weighted by Gasteiger charge is -2.26. The normalized spacial score (nSPS) is 12.9. The molecule has 4 nitrogen and oxygen atoms in total. The molecule has 0 radical (unpaired) electrons. The van der Waals surface area contributed by atoms with Gasteiger partial charge in [0, 0.05) is 8.95 Å². The number of carbonyl (C=O) groups is 2. The molecule has 0 bridgehead atoms. The molecule has 0 aromatic heterocycles. The Morgan fingerprint density at radius 2 is 1.12 bits per heavy atom. The molecule has 6 heteroatoms. The highest BCUT2D eigenvalue weighted by Crippen LogP contribution is 2.40. The molecule has 0 saturated heterocycles. The molecule has 0 aliphatic heterocycles. The fraction of sp³-hybridized carbons (Fsp3) is 0.300. The van der Waals surface area contributed by atoms with Crippen molar-refractivity contribution in [1.82, 2.24) is 0 Å². The van der Waals surface area contributed by atoms with E-state index in [1.807, 2.05) is 48.5 Å². The SMILES string of the molecule is CCOC(=O)C(c1ccccc1Br)C(C(=O)OCC)c1ccccc1Br. The Labute approximate surface area is 170 Å². The zero-order chi connectivity index (χ0) is 19.1. The number of esters is 2. The highest BCUT2D eigenvalue weighted by atomic mass is 79.9. The number of rotatable bonds is 7. The van der Waals surface area contributed by atoms with E-state index in [4.69, 9.17) is 9.47 Å². The van der Waals surface area contributed by atoms with E-state index in [-0.39, 0.29) is 13.2 Å². The second-order valence-electron chi connectivity index (χ2n) is 5.50. The van der Waals surface area contributed by atoms with Crippen LogP contribution in [0, 0.1) is 0 Å². The third-order valence-electron chi connectivity index (χ3n) is 3.89. The highest BCUT2D eigenvalue weighted by molar-refractivity contribution is 9.10. The van der Waals surface area contributed by atoms with Gasteiger partial charge in [0.1, 0.15) is 11.8 Å². The van der Waals surface area contributed by atoms with Gasteiger partial charge in [0.2, 0.25) is 0 Å². The summed E-state index contributed by atoms with van der Waals surface area (Å²) in [7, 11) is 0. The van der Waals surface area contributed by atoms with E-state index in [1.54, 1.807) is 13.8 Å². The van der Waals surface area contributed by atoms with Crippen LogP contribution < -0.4 is 0 Å². The molecular weight excluding hydrogens is 464 g/mol. The van der Waals surface area contributed by atoms with Crippen LogP contribution >= 0.6 is 31.9 Å². The Hall–Kier alpha value is -1.66. The summed E-state index contributed by atoms with van der Waals surface area (Å²) in [5.74, 6) is -2.59. The maximum Gasteiger partial charge on any atom is 0.314 e. The summed E-state index contributed by atoms with van der Waals surface area (Å²) in [5.41, 5.74) is 1.36. The average molecular weight is 484 g/mol. The van der Waals surface area contributed by atoms with Crippen LogP contribution in [0.15, 0.2) is 57.5 Å². The molecule has 2 aromatic rings. The minimum absolute atomic E-state index is 0.227. The second kappa shape index (κ2) is 9.88. The molecular formula is C20H20Br2O4. The third-order valence-corrected chi connectivity index (χ3v) is 5.34. The van der Waals surface area contributed by atoms with E-state index in [0.29, 0.717) is 11.1 Å². The van der Waals surface area contributed by atoms with E-state index >= 15 is 0 Å². The second-order valence-corrected chi connectivity index (χ2v) is 7.21. The van der Waals surface area contributed by atoms with Gasteiger partial charge in [-0.25, -0.2) is 0 Å². The van der Waals surface area contributed by atoms with E-state index in [0.717, 1.165) is 8.95 Å². The van der Waals surface area contributed by atoms with Crippen molar-refractivity contribution in [3.63, 3.8) is 0 Å². The molecule has 0 heterocycles. The standard InChI is InChI=1S/C20H20Br2O4/c1-3-25-19(23)17(13-9-5-7-11-15(13)21)18(20(24)26-4-2)14-10-6-8-12-16(14)22/h5-12,17-18H,3-4H2,1-2H3. The zero-order valence-corrected chi connectivity index (χ0v) is 17.7. The number of hydrogen-bond donors (Lipinski definition) is 0. The number of hydrogen-bond acceptors (Lipinski definition) is 4. The van der Waals surface area contributed by atoms with Gasteiger partial charge in [0.05, 0.1) is 13.2 Å². The molecule has 0 fully saturated rings. The van der Waals surface area contributed by atoms with E-state index in [2.05, 4.69) is 31.9 Å². The van der Waals surface area contributed by atoms with Crippen LogP contribution in [0.2, 0.25) is 0 Å². The van der Waals surface area contributed by atoms with Gasteiger partial charge in [-0.15, -0.1) is 0 Å². The summed E-state index contributed by atoms with van der Waals surface area (Å²) in [5, 5.41) is 0. The fourth-order valence-corrected chi connectivity index (χ4v) is 3.87. The molecule has 0 aliphatic rings. The highest BCUT2D eigenvalue weighted by Gasteiger charge is 2.40. The van der Waals surface area contributed by atoms with Crippen LogP contribution in [0.25, 0.3) is 0 Å². The first-order valence-corrected chi connectivity index (χ1v) is 9.91. The Balaban J connectivity index is 2.65. The summed E-state index contributed by atoms with van der Waals surface area (Å²) < 4.78 is 12.1. The van der Waals surface area contributed by atoms with Crippen molar-refractivity contribution in [3.05, 3.63) is 68.6 Å². The Morgan fingerprint density at radius 3 is 1.42 bits per heavy atom. The predicted octanol–water partition coefficient (Wildman–Crippen LogP) is 5.21. The number of benzene rings is 2. The van der Waals surface area contributed by atoms with E-state index in [9.17, 15) is 9.59 Å². The van der Waals surface area contributed by atoms with E-state index in [1.165, 1.54) is 0 Å². The molecule has 0 N–H and O–H groups in total. The van der Waals surface area contributed by atoms with Crippen molar-refractivity contribution >= 4 is 43.8 Å². The van der Waals surface area contributed by atoms with Crippen molar-refractivity contribution in [1.29, 1.82) is 0 Å². The van der Waals surface area contributed by atoms with Gasteiger partial charge in [0.15, 0.2) is 0 Å². The van der Waals surface area contributed by atoms with Crippen LogP contribution in [0.4, 0.5) is 0 Å². The van der Waals surface area contributed by atoms with Crippen molar-refractivity contribution in [2.24, 2.45) is 0 Å². The van der Waals surface area contributed by atoms with Crippen molar-refractivity contribution in [3.8, 4) is 0 Å². The minimum atomic E-state index is -0.830. The topological polar surface area (TPSA) is 52.6 Å². The van der Waals surface area contributed by atoms with Crippen LogP contribution in [-0.2, 0) is 19.1 Å². The van der Waals surface area contributed by atoms with E-state index < -0.39 is 23.8 Å². The number of ether oxygens (including phenoxy) is 2. The molecule has 2 aromatic carbocycles. The summed E-state index contributed by atoms with van der Waals surface area (Å²) in [6.45, 7) is 3.94. The molecule has 0 amide bonds. The largest absolute Gasteiger partial charge is 0.465 e. The fourth-order valence-electron chi connectivity index (χ4n) is 2.80. The predicted molar refractivity (Wildman–Crippen MR) is 107 cm³/mol. The van der Waals surface area contributed by atoms with Crippen LogP contribution in [0.1, 0.15) is 36.8 Å². The quantitative estimate of drug-likeness (QED) is 0.507. The number of carbonyl (C=O) groups excluding carboxylic acids is 2. The lowest BCUT2D eigenvalue weighted by Crippen LogP contribution is -2.30. The van der Waals surface area contributed by atoms with Crippen LogP contribution in [0.5, 0.6) is 0 Å². The first kappa shape index (κ1) is 20.6. The van der Waals surface area contributed by atoms with Crippen molar-refractivity contribution in [2.45, 2.75) is 25.7 Å². The summed E-state index contributed by atoms with van der Waals surface area (Å²) >= 11 is 6.98. The maximum atomic E-state index is 12.9. The van der Waals surface area contributed by atoms with Crippen LogP contribution in [-0.4, -0.2) is 25.2 Å². The van der Waals surface area contributed by atoms with Gasteiger partial charge in [-0.05, 0) is 37.1 Å². The summed E-state index contributed by atoms with van der Waals surface area (Å²) in [6, 6.07) is 14.7. The van der Waals surface area contributed by atoms with Gasteiger partial charge in [0.25, 0.3) is 0 Å². The average Bonchev–Trinajstić information content (AvgIpc) is 2.62. The third kappa shape index (κ3) is 4.74. The summed E-state index contributed by atoms with van der Waals surface area (Å²) in [6.07, 6.45) is 0. The van der Waals surface area contributed by atoms with Gasteiger partial charge in [-0.3, -0.25) is 9.59 Å². The van der Waals surface area contributed by atoms with Gasteiger partial charge in [-0.1, -0.05) is 68.3 Å². The maximum absolute atomic E-state index is 12.9. The van der Waals surface area contributed by atoms with Gasteiger partial charge in [-0.2, -0.15) is 0 Å². The molecule has 0 spiro atoms. The monoisotopic (exact) mass is 482 g/mol.